The number of rotatable bonds is 2. The van der Waals surface area contributed by atoms with Gasteiger partial charge >= 0.3 is 0 Å². The van der Waals surface area contributed by atoms with Crippen LogP contribution in [-0.4, -0.2) is 10.2 Å². The smallest absolute Gasteiger partial charge is 0.139 e. The maximum atomic E-state index is 10.8. The molecule has 0 bridgehead atoms. The van der Waals surface area contributed by atoms with Crippen LogP contribution in [0.4, 0.5) is 0 Å². The summed E-state index contributed by atoms with van der Waals surface area (Å²) in [5, 5.41) is 22.7. The van der Waals surface area contributed by atoms with Crippen LogP contribution >= 0.6 is 0 Å². The van der Waals surface area contributed by atoms with Crippen LogP contribution in [0.2, 0.25) is 0 Å². The molecular formula is C20H18O3. The van der Waals surface area contributed by atoms with Crippen molar-refractivity contribution in [1.29, 1.82) is 0 Å². The Balaban J connectivity index is 1.94. The highest BCUT2D eigenvalue weighted by molar-refractivity contribution is 6.00. The normalized spacial score (nSPS) is 13.7. The topological polar surface area (TPSA) is 49.7 Å². The molecule has 0 saturated heterocycles. The summed E-state index contributed by atoms with van der Waals surface area (Å²) in [6.07, 6.45) is 3.69. The maximum absolute atomic E-state index is 10.8. The van der Waals surface area contributed by atoms with Crippen LogP contribution in [0.1, 0.15) is 24.0 Å². The molecule has 0 saturated carbocycles. The zero-order valence-electron chi connectivity index (χ0n) is 12.7. The number of ether oxygens (including phenoxy) is 1. The molecule has 1 aliphatic rings. The lowest BCUT2D eigenvalue weighted by atomic mass is 9.87. The van der Waals surface area contributed by atoms with Crippen molar-refractivity contribution in [3.8, 4) is 23.0 Å². The highest BCUT2D eigenvalue weighted by Gasteiger charge is 2.23. The van der Waals surface area contributed by atoms with E-state index in [1.807, 2.05) is 48.5 Å². The Bertz CT molecular complexity index is 869. The van der Waals surface area contributed by atoms with Gasteiger partial charge in [-0.15, -0.1) is 0 Å². The Labute approximate surface area is 134 Å². The molecule has 3 aromatic carbocycles. The van der Waals surface area contributed by atoms with E-state index in [0.29, 0.717) is 22.3 Å². The van der Waals surface area contributed by atoms with E-state index in [4.69, 9.17) is 4.74 Å². The molecule has 4 rings (SSSR count). The molecule has 3 nitrogen and oxygen atoms in total. The van der Waals surface area contributed by atoms with Crippen LogP contribution in [0.25, 0.3) is 10.8 Å². The van der Waals surface area contributed by atoms with Gasteiger partial charge in [-0.2, -0.15) is 0 Å². The minimum Gasteiger partial charge on any atom is -0.507 e. The van der Waals surface area contributed by atoms with Crippen molar-refractivity contribution >= 4 is 10.8 Å². The van der Waals surface area contributed by atoms with Crippen molar-refractivity contribution in [2.45, 2.75) is 25.7 Å². The van der Waals surface area contributed by atoms with Crippen molar-refractivity contribution in [3.05, 3.63) is 59.7 Å². The minimum atomic E-state index is 0.249. The van der Waals surface area contributed by atoms with Gasteiger partial charge in [0.25, 0.3) is 0 Å². The van der Waals surface area contributed by atoms with Gasteiger partial charge in [0.1, 0.15) is 23.0 Å². The molecule has 116 valence electrons. The molecule has 23 heavy (non-hydrogen) atoms. The standard InChI is InChI=1S/C20H18O3/c21-19-14-9-4-5-10-15(14)20(22)18-16(19)11-6-12-17(18)23-13-7-2-1-3-8-13/h1-3,6-8,11-12,21-22H,4-5,9-10H2. The van der Waals surface area contributed by atoms with Gasteiger partial charge in [0, 0.05) is 16.5 Å². The third-order valence-corrected chi connectivity index (χ3v) is 4.53. The third kappa shape index (κ3) is 2.29. The molecule has 0 spiro atoms. The van der Waals surface area contributed by atoms with Gasteiger partial charge in [0.05, 0.1) is 5.39 Å². The Morgan fingerprint density at radius 2 is 1.43 bits per heavy atom. The summed E-state index contributed by atoms with van der Waals surface area (Å²) in [6, 6.07) is 15.0. The number of benzene rings is 3. The van der Waals surface area contributed by atoms with E-state index < -0.39 is 0 Å². The quantitative estimate of drug-likeness (QED) is 0.661. The van der Waals surface area contributed by atoms with Crippen molar-refractivity contribution in [2.75, 3.05) is 0 Å². The molecule has 0 amide bonds. The first-order valence-electron chi connectivity index (χ1n) is 7.97. The van der Waals surface area contributed by atoms with Crippen molar-refractivity contribution in [2.24, 2.45) is 0 Å². The number of phenolic OH excluding ortho intramolecular Hbond substituents is 2. The SMILES string of the molecule is Oc1c2c(c(O)c3c(Oc4ccccc4)cccc13)CCCC2. The molecule has 1 aliphatic carbocycles. The molecular weight excluding hydrogens is 288 g/mol. The lowest BCUT2D eigenvalue weighted by Gasteiger charge is -2.21. The second-order valence-corrected chi connectivity index (χ2v) is 5.96. The molecule has 0 unspecified atom stereocenters. The summed E-state index contributed by atoms with van der Waals surface area (Å²) in [7, 11) is 0. The van der Waals surface area contributed by atoms with E-state index in [2.05, 4.69) is 0 Å². The summed E-state index contributed by atoms with van der Waals surface area (Å²) in [6.45, 7) is 0. The Kier molecular flexibility index (Phi) is 3.34. The fourth-order valence-corrected chi connectivity index (χ4v) is 3.41. The lowest BCUT2D eigenvalue weighted by molar-refractivity contribution is 0.443. The number of para-hydroxylation sites is 1. The highest BCUT2D eigenvalue weighted by Crippen LogP contribution is 2.46. The van der Waals surface area contributed by atoms with Crippen molar-refractivity contribution in [3.63, 3.8) is 0 Å². The third-order valence-electron chi connectivity index (χ3n) is 4.53. The van der Waals surface area contributed by atoms with Gasteiger partial charge in [-0.25, -0.2) is 0 Å². The van der Waals surface area contributed by atoms with Gasteiger partial charge in [-0.05, 0) is 43.9 Å². The van der Waals surface area contributed by atoms with Gasteiger partial charge in [-0.3, -0.25) is 0 Å². The average molecular weight is 306 g/mol. The monoisotopic (exact) mass is 306 g/mol. The molecule has 2 N–H and O–H groups in total. The van der Waals surface area contributed by atoms with Crippen LogP contribution in [0.15, 0.2) is 48.5 Å². The molecule has 0 aromatic heterocycles. The number of hydrogen-bond donors (Lipinski definition) is 2. The molecule has 0 radical (unpaired) electrons. The van der Waals surface area contributed by atoms with Crippen LogP contribution in [0, 0.1) is 0 Å². The average Bonchev–Trinajstić information content (AvgIpc) is 2.60. The van der Waals surface area contributed by atoms with Gasteiger partial charge < -0.3 is 14.9 Å². The summed E-state index contributed by atoms with van der Waals surface area (Å²) in [5.41, 5.74) is 1.75. The predicted octanol–water partition coefficient (Wildman–Crippen LogP) is 4.92. The van der Waals surface area contributed by atoms with E-state index >= 15 is 0 Å². The Morgan fingerprint density at radius 3 is 2.17 bits per heavy atom. The first kappa shape index (κ1) is 13.9. The fourth-order valence-electron chi connectivity index (χ4n) is 3.41. The zero-order chi connectivity index (χ0) is 15.8. The number of fused-ring (bicyclic) bond motifs is 2. The van der Waals surface area contributed by atoms with E-state index in [1.165, 1.54) is 0 Å². The number of hydrogen-bond acceptors (Lipinski definition) is 3. The summed E-state index contributed by atoms with van der Waals surface area (Å²) in [4.78, 5) is 0. The summed E-state index contributed by atoms with van der Waals surface area (Å²) >= 11 is 0. The minimum absolute atomic E-state index is 0.249. The molecule has 0 atom stereocenters. The van der Waals surface area contributed by atoms with Crippen LogP contribution in [-0.2, 0) is 12.8 Å². The number of phenols is 2. The number of aromatic hydroxyl groups is 2. The van der Waals surface area contributed by atoms with Gasteiger partial charge in [0.2, 0.25) is 0 Å². The first-order valence-corrected chi connectivity index (χ1v) is 7.97. The predicted molar refractivity (Wildman–Crippen MR) is 90.4 cm³/mol. The highest BCUT2D eigenvalue weighted by atomic mass is 16.5. The van der Waals surface area contributed by atoms with E-state index in [-0.39, 0.29) is 11.5 Å². The molecule has 3 aromatic rings. The van der Waals surface area contributed by atoms with E-state index in [9.17, 15) is 10.2 Å². The summed E-state index contributed by atoms with van der Waals surface area (Å²) in [5.74, 6) is 1.80. The van der Waals surface area contributed by atoms with E-state index in [0.717, 1.165) is 36.8 Å². The maximum Gasteiger partial charge on any atom is 0.139 e. The molecule has 3 heteroatoms. The zero-order valence-corrected chi connectivity index (χ0v) is 12.7. The Morgan fingerprint density at radius 1 is 0.739 bits per heavy atom. The largest absolute Gasteiger partial charge is 0.507 e. The van der Waals surface area contributed by atoms with Gasteiger partial charge in [-0.1, -0.05) is 30.3 Å². The molecule has 0 aliphatic heterocycles. The van der Waals surface area contributed by atoms with Crippen LogP contribution in [0.5, 0.6) is 23.0 Å². The summed E-state index contributed by atoms with van der Waals surface area (Å²) < 4.78 is 5.95. The van der Waals surface area contributed by atoms with E-state index in [1.54, 1.807) is 0 Å². The second-order valence-electron chi connectivity index (χ2n) is 5.96. The second kappa shape index (κ2) is 5.51. The Hall–Kier alpha value is -2.68. The van der Waals surface area contributed by atoms with Crippen molar-refractivity contribution < 1.29 is 14.9 Å². The van der Waals surface area contributed by atoms with Gasteiger partial charge in [0.15, 0.2) is 0 Å². The molecule has 0 heterocycles. The molecule has 0 fully saturated rings. The van der Waals surface area contributed by atoms with Crippen LogP contribution in [0.3, 0.4) is 0 Å². The van der Waals surface area contributed by atoms with Crippen molar-refractivity contribution in [1.82, 2.24) is 0 Å². The lowest BCUT2D eigenvalue weighted by Crippen LogP contribution is -2.04. The van der Waals surface area contributed by atoms with Crippen LogP contribution < -0.4 is 4.74 Å². The fraction of sp³-hybridized carbons (Fsp3) is 0.200. The first-order chi connectivity index (χ1) is 11.3.